The predicted molar refractivity (Wildman–Crippen MR) is 47.8 cm³/mol. The van der Waals surface area contributed by atoms with Gasteiger partial charge in [-0.3, -0.25) is 10.1 Å². The fraction of sp³-hybridized carbons (Fsp3) is 0.125. The highest BCUT2D eigenvalue weighted by Crippen LogP contribution is 2.14. The molecule has 0 radical (unpaired) electrons. The molecule has 0 atom stereocenters. The Balaban J connectivity index is 3.20. The molecule has 1 aromatic rings. The molecule has 1 aromatic carbocycles. The molecule has 0 unspecified atom stereocenters. The number of para-hydroxylation sites is 1. The highest BCUT2D eigenvalue weighted by Gasteiger charge is 2.11. The number of rotatable bonds is 2. The van der Waals surface area contributed by atoms with Crippen LogP contribution >= 0.6 is 0 Å². The average molecular weight is 180 g/mol. The Bertz CT molecular complexity index is 356. The zero-order chi connectivity index (χ0) is 9.84. The zero-order valence-electron chi connectivity index (χ0n) is 7.01. The SMILES string of the molecule is C/[N+]([O-])=C/c1ccccc1[N+](=O)[O-]. The van der Waals surface area contributed by atoms with Gasteiger partial charge in [-0.05, 0) is 6.07 Å². The largest absolute Gasteiger partial charge is 0.624 e. The van der Waals surface area contributed by atoms with E-state index in [1.807, 2.05) is 0 Å². The van der Waals surface area contributed by atoms with Crippen LogP contribution in [-0.2, 0) is 0 Å². The van der Waals surface area contributed by atoms with Crippen molar-refractivity contribution in [2.45, 2.75) is 0 Å². The van der Waals surface area contributed by atoms with Crippen molar-refractivity contribution < 1.29 is 9.66 Å². The molecule has 0 amide bonds. The molecule has 0 saturated heterocycles. The van der Waals surface area contributed by atoms with Crippen molar-refractivity contribution in [2.24, 2.45) is 0 Å². The van der Waals surface area contributed by atoms with Crippen LogP contribution in [0, 0.1) is 15.3 Å². The predicted octanol–water partition coefficient (Wildman–Crippen LogP) is 1.15. The number of hydrogen-bond acceptors (Lipinski definition) is 3. The Labute approximate surface area is 74.7 Å². The van der Waals surface area contributed by atoms with Crippen LogP contribution in [0.2, 0.25) is 0 Å². The number of nitrogens with zero attached hydrogens (tertiary/aromatic N) is 2. The second-order valence-electron chi connectivity index (χ2n) is 2.49. The first kappa shape index (κ1) is 9.18. The number of nitro benzene ring substituents is 1. The molecule has 0 spiro atoms. The maximum Gasteiger partial charge on any atom is 0.282 e. The van der Waals surface area contributed by atoms with Gasteiger partial charge in [0.2, 0.25) is 0 Å². The van der Waals surface area contributed by atoms with E-state index in [1.54, 1.807) is 12.1 Å². The molecule has 0 bridgehead atoms. The molecule has 0 aliphatic rings. The van der Waals surface area contributed by atoms with Gasteiger partial charge in [0.1, 0.15) is 12.6 Å². The molecule has 1 rings (SSSR count). The second-order valence-corrected chi connectivity index (χ2v) is 2.49. The molecular formula is C8H8N2O3. The highest BCUT2D eigenvalue weighted by molar-refractivity contribution is 5.81. The molecule has 0 aliphatic carbocycles. The average Bonchev–Trinajstić information content (AvgIpc) is 2.03. The minimum absolute atomic E-state index is 0.0646. The van der Waals surface area contributed by atoms with Crippen LogP contribution < -0.4 is 0 Å². The van der Waals surface area contributed by atoms with Crippen LogP contribution in [-0.4, -0.2) is 22.9 Å². The van der Waals surface area contributed by atoms with Crippen LogP contribution in [0.4, 0.5) is 5.69 Å². The van der Waals surface area contributed by atoms with Gasteiger partial charge < -0.3 is 5.21 Å². The fourth-order valence-electron chi connectivity index (χ4n) is 0.959. The van der Waals surface area contributed by atoms with E-state index < -0.39 is 4.92 Å². The summed E-state index contributed by atoms with van der Waals surface area (Å²) >= 11 is 0. The summed E-state index contributed by atoms with van der Waals surface area (Å²) in [6.07, 6.45) is 1.16. The molecule has 0 N–H and O–H groups in total. The van der Waals surface area contributed by atoms with Crippen molar-refractivity contribution in [3.05, 3.63) is 45.2 Å². The Kier molecular flexibility index (Phi) is 2.59. The summed E-state index contributed by atoms with van der Waals surface area (Å²) < 4.78 is 0.530. The molecule has 5 nitrogen and oxygen atoms in total. The molecule has 0 aliphatic heterocycles. The molecule has 0 aromatic heterocycles. The van der Waals surface area contributed by atoms with Crippen molar-refractivity contribution >= 4 is 11.9 Å². The third-order valence-electron chi connectivity index (χ3n) is 1.45. The minimum Gasteiger partial charge on any atom is -0.624 e. The van der Waals surface area contributed by atoms with Crippen LogP contribution in [0.3, 0.4) is 0 Å². The van der Waals surface area contributed by atoms with E-state index in [0.29, 0.717) is 10.3 Å². The van der Waals surface area contributed by atoms with Crippen molar-refractivity contribution in [3.8, 4) is 0 Å². The van der Waals surface area contributed by atoms with Crippen LogP contribution in [0.1, 0.15) is 5.56 Å². The quantitative estimate of drug-likeness (QED) is 0.225. The molecule has 5 heteroatoms. The van der Waals surface area contributed by atoms with Crippen molar-refractivity contribution in [3.63, 3.8) is 0 Å². The van der Waals surface area contributed by atoms with E-state index in [9.17, 15) is 15.3 Å². The first-order chi connectivity index (χ1) is 6.11. The first-order valence-corrected chi connectivity index (χ1v) is 3.59. The normalized spacial score (nSPS) is 11.3. The number of benzene rings is 1. The van der Waals surface area contributed by atoms with E-state index in [2.05, 4.69) is 0 Å². The Morgan fingerprint density at radius 3 is 2.46 bits per heavy atom. The summed E-state index contributed by atoms with van der Waals surface area (Å²) in [5.41, 5.74) is 0.246. The summed E-state index contributed by atoms with van der Waals surface area (Å²) in [7, 11) is 1.27. The van der Waals surface area contributed by atoms with Crippen LogP contribution in [0.25, 0.3) is 0 Å². The van der Waals surface area contributed by atoms with E-state index in [-0.39, 0.29) is 5.69 Å². The van der Waals surface area contributed by atoms with Crippen LogP contribution in [0.5, 0.6) is 0 Å². The molecule has 0 heterocycles. The molecular weight excluding hydrogens is 172 g/mol. The number of hydroxylamine groups is 1. The van der Waals surface area contributed by atoms with Gasteiger partial charge in [0, 0.05) is 6.07 Å². The summed E-state index contributed by atoms with van der Waals surface area (Å²) in [5.74, 6) is 0. The minimum atomic E-state index is -0.519. The van der Waals surface area contributed by atoms with Crippen LogP contribution in [0.15, 0.2) is 24.3 Å². The summed E-state index contributed by atoms with van der Waals surface area (Å²) in [6.45, 7) is 0. The molecule has 0 fully saturated rings. The van der Waals surface area contributed by atoms with Gasteiger partial charge in [-0.15, -0.1) is 0 Å². The molecule has 0 saturated carbocycles. The van der Waals surface area contributed by atoms with Crippen molar-refractivity contribution in [2.75, 3.05) is 7.05 Å². The van der Waals surface area contributed by atoms with Gasteiger partial charge >= 0.3 is 0 Å². The van der Waals surface area contributed by atoms with E-state index in [1.165, 1.54) is 19.2 Å². The fourth-order valence-corrected chi connectivity index (χ4v) is 0.959. The lowest BCUT2D eigenvalue weighted by Crippen LogP contribution is -2.01. The van der Waals surface area contributed by atoms with Gasteiger partial charge in [0.15, 0.2) is 6.21 Å². The molecule has 13 heavy (non-hydrogen) atoms. The number of nitro groups is 1. The van der Waals surface area contributed by atoms with E-state index in [4.69, 9.17) is 0 Å². The number of hydrogen-bond donors (Lipinski definition) is 0. The highest BCUT2D eigenvalue weighted by atomic mass is 16.6. The summed E-state index contributed by atoms with van der Waals surface area (Å²) in [5, 5.41) is 21.1. The monoisotopic (exact) mass is 180 g/mol. The summed E-state index contributed by atoms with van der Waals surface area (Å²) in [4.78, 5) is 9.95. The van der Waals surface area contributed by atoms with Gasteiger partial charge in [-0.2, -0.15) is 0 Å². The summed E-state index contributed by atoms with van der Waals surface area (Å²) in [6, 6.07) is 6.07. The van der Waals surface area contributed by atoms with E-state index >= 15 is 0 Å². The molecule has 68 valence electrons. The standard InChI is InChI=1S/C8H8N2O3/c1-9(11)6-7-4-2-3-5-8(7)10(12)13/h2-6H,1H3/b9-6-. The zero-order valence-corrected chi connectivity index (χ0v) is 7.01. The Morgan fingerprint density at radius 2 is 1.92 bits per heavy atom. The topological polar surface area (TPSA) is 69.2 Å². The smallest absolute Gasteiger partial charge is 0.282 e. The maximum absolute atomic E-state index is 10.6. The van der Waals surface area contributed by atoms with Crippen molar-refractivity contribution in [1.29, 1.82) is 0 Å². The maximum atomic E-state index is 10.6. The lowest BCUT2D eigenvalue weighted by atomic mass is 10.2. The van der Waals surface area contributed by atoms with Crippen molar-refractivity contribution in [1.82, 2.24) is 0 Å². The third-order valence-corrected chi connectivity index (χ3v) is 1.45. The van der Waals surface area contributed by atoms with E-state index in [0.717, 1.165) is 6.21 Å². The van der Waals surface area contributed by atoms with Gasteiger partial charge in [-0.25, -0.2) is 4.74 Å². The lowest BCUT2D eigenvalue weighted by molar-refractivity contribution is -0.417. The lowest BCUT2D eigenvalue weighted by Gasteiger charge is -1.96. The first-order valence-electron chi connectivity index (χ1n) is 3.59. The second kappa shape index (κ2) is 3.66. The van der Waals surface area contributed by atoms with Gasteiger partial charge in [0.25, 0.3) is 5.69 Å². The Morgan fingerprint density at radius 1 is 1.31 bits per heavy atom. The van der Waals surface area contributed by atoms with Gasteiger partial charge in [-0.1, -0.05) is 12.1 Å². The Hall–Kier alpha value is -1.91. The third kappa shape index (κ3) is 2.26. The van der Waals surface area contributed by atoms with Gasteiger partial charge in [0.05, 0.1) is 4.92 Å².